The van der Waals surface area contributed by atoms with Gasteiger partial charge in [0.15, 0.2) is 5.78 Å². The van der Waals surface area contributed by atoms with E-state index in [9.17, 15) is 9.18 Å². The van der Waals surface area contributed by atoms with Crippen molar-refractivity contribution in [2.24, 2.45) is 0 Å². The third-order valence-corrected chi connectivity index (χ3v) is 2.68. The summed E-state index contributed by atoms with van der Waals surface area (Å²) in [4.78, 5) is 11.5. The van der Waals surface area contributed by atoms with E-state index in [0.717, 1.165) is 11.1 Å². The van der Waals surface area contributed by atoms with E-state index in [1.807, 2.05) is 36.4 Å². The zero-order valence-corrected chi connectivity index (χ0v) is 10.0. The molecule has 0 radical (unpaired) electrons. The molecule has 2 aromatic rings. The Morgan fingerprint density at radius 2 is 1.83 bits per heavy atom. The standard InChI is InChI=1S/C15H13FO2/c1-11(17)13-8-5-9-14(15(13)18-10-16)12-6-3-2-4-7-12/h2-9H,10H2,1H3. The molecule has 0 atom stereocenters. The van der Waals surface area contributed by atoms with Gasteiger partial charge in [-0.05, 0) is 18.6 Å². The summed E-state index contributed by atoms with van der Waals surface area (Å²) in [6, 6.07) is 14.7. The molecule has 0 N–H and O–H groups in total. The van der Waals surface area contributed by atoms with E-state index >= 15 is 0 Å². The van der Waals surface area contributed by atoms with Gasteiger partial charge in [0, 0.05) is 5.56 Å². The molecule has 0 fully saturated rings. The van der Waals surface area contributed by atoms with Gasteiger partial charge >= 0.3 is 0 Å². The third kappa shape index (κ3) is 2.40. The Hall–Kier alpha value is -2.16. The van der Waals surface area contributed by atoms with Gasteiger partial charge in [0.1, 0.15) is 5.75 Å². The van der Waals surface area contributed by atoms with Crippen LogP contribution in [0.3, 0.4) is 0 Å². The molecular weight excluding hydrogens is 231 g/mol. The number of rotatable bonds is 4. The Kier molecular flexibility index (Phi) is 3.72. The largest absolute Gasteiger partial charge is 0.462 e. The van der Waals surface area contributed by atoms with Gasteiger partial charge in [-0.25, -0.2) is 4.39 Å². The average molecular weight is 244 g/mol. The third-order valence-electron chi connectivity index (χ3n) is 2.68. The van der Waals surface area contributed by atoms with Crippen LogP contribution in [-0.2, 0) is 0 Å². The van der Waals surface area contributed by atoms with Crippen molar-refractivity contribution in [2.75, 3.05) is 6.86 Å². The molecule has 0 unspecified atom stereocenters. The van der Waals surface area contributed by atoms with Crippen molar-refractivity contribution in [2.45, 2.75) is 6.92 Å². The molecule has 0 saturated carbocycles. The van der Waals surface area contributed by atoms with Crippen molar-refractivity contribution in [1.29, 1.82) is 0 Å². The highest BCUT2D eigenvalue weighted by molar-refractivity contribution is 5.99. The quantitative estimate of drug-likeness (QED) is 0.763. The summed E-state index contributed by atoms with van der Waals surface area (Å²) in [7, 11) is 0. The van der Waals surface area contributed by atoms with E-state index in [-0.39, 0.29) is 5.78 Å². The van der Waals surface area contributed by atoms with Crippen LogP contribution in [-0.4, -0.2) is 12.6 Å². The lowest BCUT2D eigenvalue weighted by atomic mass is 10.00. The maximum Gasteiger partial charge on any atom is 0.228 e. The number of ketones is 1. The van der Waals surface area contributed by atoms with Crippen LogP contribution < -0.4 is 4.74 Å². The van der Waals surface area contributed by atoms with Crippen LogP contribution in [0.4, 0.5) is 4.39 Å². The molecule has 18 heavy (non-hydrogen) atoms. The number of benzene rings is 2. The van der Waals surface area contributed by atoms with E-state index in [1.54, 1.807) is 12.1 Å². The first-order valence-corrected chi connectivity index (χ1v) is 5.62. The van der Waals surface area contributed by atoms with E-state index < -0.39 is 6.86 Å². The predicted octanol–water partition coefficient (Wildman–Crippen LogP) is 3.86. The first-order chi connectivity index (χ1) is 8.74. The zero-order valence-electron chi connectivity index (χ0n) is 10.0. The smallest absolute Gasteiger partial charge is 0.228 e. The van der Waals surface area contributed by atoms with Gasteiger partial charge in [-0.1, -0.05) is 42.5 Å². The highest BCUT2D eigenvalue weighted by Crippen LogP contribution is 2.33. The summed E-state index contributed by atoms with van der Waals surface area (Å²) in [5.74, 6) is 0.162. The molecule has 0 aromatic heterocycles. The highest BCUT2D eigenvalue weighted by atomic mass is 19.1. The van der Waals surface area contributed by atoms with Crippen molar-refractivity contribution in [1.82, 2.24) is 0 Å². The Morgan fingerprint density at radius 1 is 1.11 bits per heavy atom. The molecule has 0 heterocycles. The van der Waals surface area contributed by atoms with Crippen LogP contribution in [0.2, 0.25) is 0 Å². The topological polar surface area (TPSA) is 26.3 Å². The maximum atomic E-state index is 12.5. The molecule has 0 saturated heterocycles. The molecule has 92 valence electrons. The highest BCUT2D eigenvalue weighted by Gasteiger charge is 2.14. The lowest BCUT2D eigenvalue weighted by Crippen LogP contribution is -2.01. The van der Waals surface area contributed by atoms with E-state index in [1.165, 1.54) is 6.92 Å². The first-order valence-electron chi connectivity index (χ1n) is 5.62. The Bertz CT molecular complexity index is 550. The van der Waals surface area contributed by atoms with E-state index in [2.05, 4.69) is 0 Å². The summed E-state index contributed by atoms with van der Waals surface area (Å²) in [6.45, 7) is 0.485. The van der Waals surface area contributed by atoms with Crippen molar-refractivity contribution in [3.8, 4) is 16.9 Å². The lowest BCUT2D eigenvalue weighted by molar-refractivity contribution is 0.101. The van der Waals surface area contributed by atoms with Gasteiger partial charge in [-0.3, -0.25) is 4.79 Å². The molecule has 0 aliphatic carbocycles. The van der Waals surface area contributed by atoms with E-state index in [4.69, 9.17) is 4.74 Å². The molecule has 2 nitrogen and oxygen atoms in total. The molecule has 2 aromatic carbocycles. The minimum absolute atomic E-state index is 0.142. The molecule has 2 rings (SSSR count). The Balaban J connectivity index is 2.60. The Labute approximate surface area is 105 Å². The van der Waals surface area contributed by atoms with Crippen molar-refractivity contribution < 1.29 is 13.9 Å². The first kappa shape index (κ1) is 12.3. The van der Waals surface area contributed by atoms with Gasteiger partial charge < -0.3 is 4.74 Å². The van der Waals surface area contributed by atoms with Gasteiger partial charge in [0.05, 0.1) is 5.56 Å². The van der Waals surface area contributed by atoms with Crippen LogP contribution in [0.1, 0.15) is 17.3 Å². The number of hydrogen-bond acceptors (Lipinski definition) is 2. The van der Waals surface area contributed by atoms with Gasteiger partial charge in [-0.2, -0.15) is 0 Å². The Morgan fingerprint density at radius 3 is 2.44 bits per heavy atom. The minimum Gasteiger partial charge on any atom is -0.462 e. The molecule has 0 aliphatic rings. The summed E-state index contributed by atoms with van der Waals surface area (Å²) in [6.07, 6.45) is 0. The van der Waals surface area contributed by atoms with Gasteiger partial charge in [0.25, 0.3) is 0 Å². The van der Waals surface area contributed by atoms with Crippen molar-refractivity contribution in [3.63, 3.8) is 0 Å². The number of ether oxygens (including phenoxy) is 1. The van der Waals surface area contributed by atoms with Gasteiger partial charge in [0.2, 0.25) is 6.86 Å². The fourth-order valence-corrected chi connectivity index (χ4v) is 1.87. The second kappa shape index (κ2) is 5.45. The van der Waals surface area contributed by atoms with Crippen molar-refractivity contribution in [3.05, 3.63) is 54.1 Å². The number of halogens is 1. The van der Waals surface area contributed by atoms with Crippen molar-refractivity contribution >= 4 is 5.78 Å². The molecule has 0 aliphatic heterocycles. The normalized spacial score (nSPS) is 10.1. The van der Waals surface area contributed by atoms with Gasteiger partial charge in [-0.15, -0.1) is 0 Å². The van der Waals surface area contributed by atoms with Crippen LogP contribution >= 0.6 is 0 Å². The SMILES string of the molecule is CC(=O)c1cccc(-c2ccccc2)c1OCF. The number of carbonyl (C=O) groups excluding carboxylic acids is 1. The number of alkyl halides is 1. The second-order valence-electron chi connectivity index (χ2n) is 3.86. The number of carbonyl (C=O) groups is 1. The van der Waals surface area contributed by atoms with Crippen LogP contribution in [0, 0.1) is 0 Å². The van der Waals surface area contributed by atoms with Crippen LogP contribution in [0.5, 0.6) is 5.75 Å². The zero-order chi connectivity index (χ0) is 13.0. The maximum absolute atomic E-state index is 12.5. The molecule has 0 spiro atoms. The molecule has 3 heteroatoms. The summed E-state index contributed by atoms with van der Waals surface area (Å²) < 4.78 is 17.5. The van der Waals surface area contributed by atoms with Crippen LogP contribution in [0.15, 0.2) is 48.5 Å². The second-order valence-corrected chi connectivity index (χ2v) is 3.86. The lowest BCUT2D eigenvalue weighted by Gasteiger charge is -2.12. The van der Waals surface area contributed by atoms with E-state index in [0.29, 0.717) is 11.3 Å². The number of hydrogen-bond donors (Lipinski definition) is 0. The number of para-hydroxylation sites is 1. The molecule has 0 amide bonds. The minimum atomic E-state index is -0.954. The number of Topliss-reactive ketones (excluding diaryl/α,β-unsaturated/α-hetero) is 1. The summed E-state index contributed by atoms with van der Waals surface area (Å²) in [5, 5.41) is 0. The fraction of sp³-hybridized carbons (Fsp3) is 0.133. The average Bonchev–Trinajstić information content (AvgIpc) is 2.40. The summed E-state index contributed by atoms with van der Waals surface area (Å²) >= 11 is 0. The fourth-order valence-electron chi connectivity index (χ4n) is 1.87. The monoisotopic (exact) mass is 244 g/mol. The predicted molar refractivity (Wildman–Crippen MR) is 68.5 cm³/mol. The molecular formula is C15H13FO2. The molecule has 0 bridgehead atoms. The summed E-state index contributed by atoms with van der Waals surface area (Å²) in [5.41, 5.74) is 2.01. The van der Waals surface area contributed by atoms with Crippen LogP contribution in [0.25, 0.3) is 11.1 Å².